The number of hydrogen-bond acceptors (Lipinski definition) is 3. The van der Waals surface area contributed by atoms with Gasteiger partial charge in [-0.3, -0.25) is 4.98 Å². The van der Waals surface area contributed by atoms with Crippen molar-refractivity contribution in [2.24, 2.45) is 0 Å². The van der Waals surface area contributed by atoms with Crippen LogP contribution in [0.3, 0.4) is 0 Å². The summed E-state index contributed by atoms with van der Waals surface area (Å²) < 4.78 is 0. The van der Waals surface area contributed by atoms with Gasteiger partial charge in [-0.15, -0.1) is 11.3 Å². The maximum atomic E-state index is 4.34. The second-order valence-corrected chi connectivity index (χ2v) is 5.63. The van der Waals surface area contributed by atoms with Crippen molar-refractivity contribution >= 4 is 22.2 Å². The first-order valence-corrected chi connectivity index (χ1v) is 7.31. The molecule has 0 radical (unpaired) electrons. The first kappa shape index (κ1) is 12.3. The third kappa shape index (κ3) is 2.83. The Morgan fingerprint density at radius 2 is 2.16 bits per heavy atom. The van der Waals surface area contributed by atoms with Gasteiger partial charge < -0.3 is 5.32 Å². The first-order valence-electron chi connectivity index (χ1n) is 6.43. The van der Waals surface area contributed by atoms with Crippen molar-refractivity contribution in [2.45, 2.75) is 19.5 Å². The highest BCUT2D eigenvalue weighted by Gasteiger charge is 2.05. The van der Waals surface area contributed by atoms with Crippen molar-refractivity contribution in [3.8, 4) is 0 Å². The highest BCUT2D eigenvalue weighted by Crippen LogP contribution is 2.19. The molecule has 0 amide bonds. The van der Waals surface area contributed by atoms with Crippen molar-refractivity contribution in [1.29, 1.82) is 0 Å². The molecule has 0 aliphatic heterocycles. The summed E-state index contributed by atoms with van der Waals surface area (Å²) in [6.45, 7) is 3.08. The molecule has 3 heteroatoms. The zero-order valence-corrected chi connectivity index (χ0v) is 11.7. The number of rotatable bonds is 4. The number of aromatic nitrogens is 1. The fraction of sp³-hybridized carbons (Fsp3) is 0.188. The lowest BCUT2D eigenvalue weighted by molar-refractivity contribution is 0.583. The van der Waals surface area contributed by atoms with Crippen molar-refractivity contribution in [3.05, 3.63) is 64.5 Å². The van der Waals surface area contributed by atoms with Crippen LogP contribution in [-0.2, 0) is 6.54 Å². The smallest absolute Gasteiger partial charge is 0.0702 e. The van der Waals surface area contributed by atoms with E-state index in [4.69, 9.17) is 0 Å². The highest BCUT2D eigenvalue weighted by atomic mass is 32.1. The lowest BCUT2D eigenvalue weighted by Crippen LogP contribution is -2.17. The lowest BCUT2D eigenvalue weighted by Gasteiger charge is -2.12. The van der Waals surface area contributed by atoms with Crippen molar-refractivity contribution in [3.63, 3.8) is 0 Å². The molecule has 0 aliphatic rings. The Kier molecular flexibility index (Phi) is 3.58. The molecule has 0 aliphatic carbocycles. The van der Waals surface area contributed by atoms with Gasteiger partial charge >= 0.3 is 0 Å². The van der Waals surface area contributed by atoms with E-state index in [-0.39, 0.29) is 0 Å². The second-order valence-electron chi connectivity index (χ2n) is 4.65. The van der Waals surface area contributed by atoms with Crippen LogP contribution >= 0.6 is 11.3 Å². The molecule has 3 rings (SSSR count). The van der Waals surface area contributed by atoms with Gasteiger partial charge in [0.05, 0.1) is 5.52 Å². The van der Waals surface area contributed by atoms with Gasteiger partial charge in [-0.05, 0) is 42.1 Å². The van der Waals surface area contributed by atoms with Gasteiger partial charge in [0.2, 0.25) is 0 Å². The van der Waals surface area contributed by atoms with Crippen LogP contribution in [-0.4, -0.2) is 4.98 Å². The van der Waals surface area contributed by atoms with E-state index in [1.807, 2.05) is 12.3 Å². The number of nitrogens with zero attached hydrogens (tertiary/aromatic N) is 1. The van der Waals surface area contributed by atoms with E-state index >= 15 is 0 Å². The standard InChI is InChI=1S/C16H16N2S/c1-12(16-5-3-9-19-16)18-11-13-6-7-15-14(10-13)4-2-8-17-15/h2-10,12,18H,11H2,1H3/t12-/m0/s1. The summed E-state index contributed by atoms with van der Waals surface area (Å²) in [4.78, 5) is 5.72. The fourth-order valence-electron chi connectivity index (χ4n) is 2.14. The molecule has 19 heavy (non-hydrogen) atoms. The second kappa shape index (κ2) is 5.51. The topological polar surface area (TPSA) is 24.9 Å². The maximum Gasteiger partial charge on any atom is 0.0702 e. The molecule has 0 spiro atoms. The Morgan fingerprint density at radius 1 is 1.21 bits per heavy atom. The third-order valence-electron chi connectivity index (χ3n) is 3.25. The van der Waals surface area contributed by atoms with E-state index in [1.54, 1.807) is 11.3 Å². The normalized spacial score (nSPS) is 12.7. The fourth-order valence-corrected chi connectivity index (χ4v) is 2.90. The Balaban J connectivity index is 1.71. The number of benzene rings is 1. The van der Waals surface area contributed by atoms with E-state index in [0.29, 0.717) is 6.04 Å². The van der Waals surface area contributed by atoms with Gasteiger partial charge in [0.1, 0.15) is 0 Å². The molecule has 0 unspecified atom stereocenters. The van der Waals surface area contributed by atoms with E-state index in [2.05, 4.69) is 59.0 Å². The van der Waals surface area contributed by atoms with E-state index in [1.165, 1.54) is 15.8 Å². The van der Waals surface area contributed by atoms with Gasteiger partial charge in [-0.25, -0.2) is 0 Å². The predicted octanol–water partition coefficient (Wildman–Crippen LogP) is 4.15. The molecule has 0 fully saturated rings. The summed E-state index contributed by atoms with van der Waals surface area (Å²) >= 11 is 1.80. The first-order chi connectivity index (χ1) is 9.33. The van der Waals surface area contributed by atoms with Gasteiger partial charge in [0.15, 0.2) is 0 Å². The average molecular weight is 268 g/mol. The van der Waals surface area contributed by atoms with Crippen LogP contribution in [0, 0.1) is 0 Å². The largest absolute Gasteiger partial charge is 0.305 e. The molecule has 2 aromatic heterocycles. The summed E-state index contributed by atoms with van der Waals surface area (Å²) in [5.41, 5.74) is 2.35. The SMILES string of the molecule is C[C@H](NCc1ccc2ncccc2c1)c1cccs1. The molecule has 1 aromatic carbocycles. The molecule has 3 aromatic rings. The van der Waals surface area contributed by atoms with Crippen LogP contribution in [0.4, 0.5) is 0 Å². The molecule has 2 nitrogen and oxygen atoms in total. The summed E-state index contributed by atoms with van der Waals surface area (Å²) in [5.74, 6) is 0. The monoisotopic (exact) mass is 268 g/mol. The van der Waals surface area contributed by atoms with Gasteiger partial charge in [-0.1, -0.05) is 18.2 Å². The molecule has 96 valence electrons. The maximum absolute atomic E-state index is 4.34. The molecular formula is C16H16N2S. The van der Waals surface area contributed by atoms with Crippen LogP contribution in [0.1, 0.15) is 23.4 Å². The minimum absolute atomic E-state index is 0.393. The van der Waals surface area contributed by atoms with E-state index < -0.39 is 0 Å². The lowest BCUT2D eigenvalue weighted by atomic mass is 10.1. The zero-order chi connectivity index (χ0) is 13.1. The predicted molar refractivity (Wildman–Crippen MR) is 81.3 cm³/mol. The molecule has 1 atom stereocenters. The minimum atomic E-state index is 0.393. The number of thiophene rings is 1. The Morgan fingerprint density at radius 3 is 3.00 bits per heavy atom. The Bertz CT molecular complexity index is 661. The number of nitrogens with one attached hydrogen (secondary N) is 1. The summed E-state index contributed by atoms with van der Waals surface area (Å²) in [7, 11) is 0. The Hall–Kier alpha value is -1.71. The van der Waals surface area contributed by atoms with Crippen LogP contribution in [0.5, 0.6) is 0 Å². The number of fused-ring (bicyclic) bond motifs is 1. The third-order valence-corrected chi connectivity index (χ3v) is 4.30. The quantitative estimate of drug-likeness (QED) is 0.769. The summed E-state index contributed by atoms with van der Waals surface area (Å²) in [6.07, 6.45) is 1.83. The molecule has 0 bridgehead atoms. The van der Waals surface area contributed by atoms with Crippen LogP contribution in [0.25, 0.3) is 10.9 Å². The van der Waals surface area contributed by atoms with Gasteiger partial charge in [0, 0.05) is 29.0 Å². The Labute approximate surface area is 117 Å². The minimum Gasteiger partial charge on any atom is -0.305 e. The van der Waals surface area contributed by atoms with Gasteiger partial charge in [0.25, 0.3) is 0 Å². The zero-order valence-electron chi connectivity index (χ0n) is 10.8. The van der Waals surface area contributed by atoms with Crippen LogP contribution in [0.15, 0.2) is 54.0 Å². The molecule has 2 heterocycles. The summed E-state index contributed by atoms with van der Waals surface area (Å²) in [6, 6.07) is 15.2. The van der Waals surface area contributed by atoms with E-state index in [9.17, 15) is 0 Å². The number of hydrogen-bond donors (Lipinski definition) is 1. The average Bonchev–Trinajstić information content (AvgIpc) is 2.99. The van der Waals surface area contributed by atoms with Crippen molar-refractivity contribution < 1.29 is 0 Å². The summed E-state index contributed by atoms with van der Waals surface area (Å²) in [5, 5.41) is 6.88. The van der Waals surface area contributed by atoms with Gasteiger partial charge in [-0.2, -0.15) is 0 Å². The van der Waals surface area contributed by atoms with Crippen LogP contribution in [0.2, 0.25) is 0 Å². The highest BCUT2D eigenvalue weighted by molar-refractivity contribution is 7.10. The number of pyridine rings is 1. The van der Waals surface area contributed by atoms with Crippen molar-refractivity contribution in [1.82, 2.24) is 10.3 Å². The van der Waals surface area contributed by atoms with Crippen LogP contribution < -0.4 is 5.32 Å². The molecule has 0 saturated heterocycles. The molecular weight excluding hydrogens is 252 g/mol. The van der Waals surface area contributed by atoms with E-state index in [0.717, 1.165) is 12.1 Å². The van der Waals surface area contributed by atoms with Crippen molar-refractivity contribution in [2.75, 3.05) is 0 Å². The molecule has 1 N–H and O–H groups in total. The molecule has 0 saturated carbocycles.